The van der Waals surface area contributed by atoms with E-state index in [1.54, 1.807) is 18.4 Å². The predicted octanol–water partition coefficient (Wildman–Crippen LogP) is 3.87. The second-order valence-corrected chi connectivity index (χ2v) is 9.09. The topological polar surface area (TPSA) is 60.7 Å². The van der Waals surface area contributed by atoms with E-state index in [0.29, 0.717) is 20.6 Å². The molecule has 31 heavy (non-hydrogen) atoms. The van der Waals surface area contributed by atoms with Gasteiger partial charge in [0.25, 0.3) is 5.56 Å². The molecule has 0 spiro atoms. The number of hydrogen-bond acceptors (Lipinski definition) is 5. The van der Waals surface area contributed by atoms with E-state index >= 15 is 0 Å². The minimum atomic E-state index is -0.580. The largest absolute Gasteiger partial charge is 0.463 e. The first kappa shape index (κ1) is 21.5. The Balaban J connectivity index is 1.95. The molecule has 0 bridgehead atoms. The van der Waals surface area contributed by atoms with Crippen LogP contribution in [-0.2, 0) is 9.53 Å². The molecule has 7 heteroatoms. The number of esters is 1. The lowest BCUT2D eigenvalue weighted by atomic mass is 9.96. The molecule has 0 aliphatic carbocycles. The number of carbonyl (C=O) groups excluding carboxylic acids is 1. The van der Waals surface area contributed by atoms with Gasteiger partial charge in [-0.15, -0.1) is 0 Å². The van der Waals surface area contributed by atoms with E-state index in [2.05, 4.69) is 20.9 Å². The normalized spacial score (nSPS) is 16.1. The van der Waals surface area contributed by atoms with Crippen LogP contribution < -0.4 is 14.9 Å². The van der Waals surface area contributed by atoms with Gasteiger partial charge in [-0.3, -0.25) is 9.36 Å². The van der Waals surface area contributed by atoms with Crippen LogP contribution in [0.15, 0.2) is 74.1 Å². The van der Waals surface area contributed by atoms with Gasteiger partial charge >= 0.3 is 5.97 Å². The van der Waals surface area contributed by atoms with Crippen molar-refractivity contribution in [1.82, 2.24) is 4.57 Å². The Hall–Kier alpha value is -2.77. The van der Waals surface area contributed by atoms with Crippen molar-refractivity contribution in [2.45, 2.75) is 26.8 Å². The highest BCUT2D eigenvalue weighted by atomic mass is 79.9. The maximum absolute atomic E-state index is 13.5. The zero-order valence-corrected chi connectivity index (χ0v) is 19.8. The molecule has 1 unspecified atom stereocenters. The van der Waals surface area contributed by atoms with Crippen molar-refractivity contribution in [2.75, 3.05) is 6.61 Å². The Morgan fingerprint density at radius 2 is 1.97 bits per heavy atom. The summed E-state index contributed by atoms with van der Waals surface area (Å²) in [5, 5.41) is 0. The van der Waals surface area contributed by atoms with E-state index in [9.17, 15) is 9.59 Å². The summed E-state index contributed by atoms with van der Waals surface area (Å²) < 4.78 is 8.46. The van der Waals surface area contributed by atoms with Crippen LogP contribution in [-0.4, -0.2) is 17.1 Å². The Bertz CT molecular complexity index is 1370. The molecule has 1 aliphatic heterocycles. The summed E-state index contributed by atoms with van der Waals surface area (Å²) in [5.41, 5.74) is 3.66. The van der Waals surface area contributed by atoms with Crippen LogP contribution in [0.5, 0.6) is 0 Å². The van der Waals surface area contributed by atoms with E-state index in [-0.39, 0.29) is 12.2 Å². The van der Waals surface area contributed by atoms with Gasteiger partial charge in [-0.2, -0.15) is 0 Å². The summed E-state index contributed by atoms with van der Waals surface area (Å²) in [5.74, 6) is -0.450. The van der Waals surface area contributed by atoms with Gasteiger partial charge in [0.05, 0.1) is 28.5 Å². The fourth-order valence-corrected chi connectivity index (χ4v) is 5.04. The maximum Gasteiger partial charge on any atom is 0.338 e. The van der Waals surface area contributed by atoms with Crippen LogP contribution in [0.4, 0.5) is 0 Å². The lowest BCUT2D eigenvalue weighted by molar-refractivity contribution is -0.139. The van der Waals surface area contributed by atoms with Gasteiger partial charge in [0, 0.05) is 4.47 Å². The molecule has 158 valence electrons. The highest BCUT2D eigenvalue weighted by molar-refractivity contribution is 9.10. The minimum absolute atomic E-state index is 0.177. The highest BCUT2D eigenvalue weighted by Crippen LogP contribution is 2.30. The van der Waals surface area contributed by atoms with Crippen molar-refractivity contribution in [3.8, 4) is 0 Å². The molecule has 5 nitrogen and oxygen atoms in total. The molecule has 0 N–H and O–H groups in total. The Labute approximate surface area is 192 Å². The molecule has 4 rings (SSSR count). The summed E-state index contributed by atoms with van der Waals surface area (Å²) in [7, 11) is 0. The van der Waals surface area contributed by atoms with Crippen molar-refractivity contribution >= 4 is 39.3 Å². The number of hydrogen-bond donors (Lipinski definition) is 0. The molecule has 1 aromatic heterocycles. The first-order valence-corrected chi connectivity index (χ1v) is 11.5. The second-order valence-electron chi connectivity index (χ2n) is 7.22. The number of carbonyl (C=O) groups is 1. The Morgan fingerprint density at radius 3 is 2.65 bits per heavy atom. The number of aryl methyl sites for hydroxylation is 1. The zero-order valence-electron chi connectivity index (χ0n) is 17.4. The summed E-state index contributed by atoms with van der Waals surface area (Å²) in [6.07, 6.45) is 1.86. The molecule has 1 aliphatic rings. The average Bonchev–Trinajstić information content (AvgIpc) is 3.05. The number of rotatable bonds is 4. The third kappa shape index (κ3) is 4.07. The minimum Gasteiger partial charge on any atom is -0.463 e. The van der Waals surface area contributed by atoms with Crippen molar-refractivity contribution in [2.24, 2.45) is 4.99 Å². The molecule has 0 radical (unpaired) electrons. The number of thiazole rings is 1. The third-order valence-corrected chi connectivity index (χ3v) is 6.96. The number of aromatic nitrogens is 1. The lowest BCUT2D eigenvalue weighted by Crippen LogP contribution is -2.39. The standard InChI is InChI=1S/C24H21BrN2O3S/c1-4-30-23(29)20-15(3)26-24-27(21(20)17-8-6-5-7-9-17)22(28)19(31-24)13-16-11-10-14(2)18(25)12-16/h5-13,21H,4H2,1-3H3/b19-13+. The molecule has 2 heterocycles. The lowest BCUT2D eigenvalue weighted by Gasteiger charge is -2.24. The van der Waals surface area contributed by atoms with Crippen LogP contribution >= 0.6 is 27.3 Å². The summed E-state index contributed by atoms with van der Waals surface area (Å²) >= 11 is 4.87. The molecule has 0 saturated carbocycles. The van der Waals surface area contributed by atoms with Crippen LogP contribution in [0.3, 0.4) is 0 Å². The summed E-state index contributed by atoms with van der Waals surface area (Å²) in [4.78, 5) is 31.5. The van der Waals surface area contributed by atoms with Gasteiger partial charge < -0.3 is 4.74 Å². The quantitative estimate of drug-likeness (QED) is 0.515. The number of fused-ring (bicyclic) bond motifs is 1. The number of nitrogens with zero attached hydrogens (tertiary/aromatic N) is 2. The van der Waals surface area contributed by atoms with E-state index in [1.807, 2.05) is 61.5 Å². The van der Waals surface area contributed by atoms with E-state index < -0.39 is 12.0 Å². The number of benzene rings is 2. The Kier molecular flexibility index (Phi) is 6.07. The smallest absolute Gasteiger partial charge is 0.338 e. The molecule has 0 amide bonds. The van der Waals surface area contributed by atoms with Crippen molar-refractivity contribution in [3.05, 3.63) is 101 Å². The van der Waals surface area contributed by atoms with Gasteiger partial charge in [-0.1, -0.05) is 69.7 Å². The molecule has 1 atom stereocenters. The monoisotopic (exact) mass is 496 g/mol. The van der Waals surface area contributed by atoms with Crippen molar-refractivity contribution in [3.63, 3.8) is 0 Å². The van der Waals surface area contributed by atoms with Gasteiger partial charge in [0.15, 0.2) is 4.80 Å². The van der Waals surface area contributed by atoms with Crippen LogP contribution in [0.25, 0.3) is 6.08 Å². The fraction of sp³-hybridized carbons (Fsp3) is 0.208. The first-order valence-electron chi connectivity index (χ1n) is 9.91. The average molecular weight is 497 g/mol. The van der Waals surface area contributed by atoms with E-state index in [0.717, 1.165) is 21.2 Å². The zero-order chi connectivity index (χ0) is 22.1. The highest BCUT2D eigenvalue weighted by Gasteiger charge is 2.33. The molecule has 2 aromatic carbocycles. The number of halogens is 1. The SMILES string of the molecule is CCOC(=O)C1=C(C)N=c2s/c(=C/c3ccc(C)c(Br)c3)c(=O)n2C1c1ccccc1. The van der Waals surface area contributed by atoms with E-state index in [1.165, 1.54) is 11.3 Å². The van der Waals surface area contributed by atoms with Gasteiger partial charge in [-0.25, -0.2) is 9.79 Å². The number of allylic oxidation sites excluding steroid dienone is 1. The predicted molar refractivity (Wildman–Crippen MR) is 126 cm³/mol. The van der Waals surface area contributed by atoms with Gasteiger partial charge in [0.1, 0.15) is 0 Å². The van der Waals surface area contributed by atoms with E-state index in [4.69, 9.17) is 4.74 Å². The molecule has 0 fully saturated rings. The van der Waals surface area contributed by atoms with Crippen molar-refractivity contribution < 1.29 is 9.53 Å². The van der Waals surface area contributed by atoms with Crippen LogP contribution in [0.2, 0.25) is 0 Å². The summed E-state index contributed by atoms with van der Waals surface area (Å²) in [6, 6.07) is 14.9. The van der Waals surface area contributed by atoms with Crippen LogP contribution in [0, 0.1) is 6.92 Å². The maximum atomic E-state index is 13.5. The molecule has 3 aromatic rings. The Morgan fingerprint density at radius 1 is 1.23 bits per heavy atom. The molecule has 0 saturated heterocycles. The molecular weight excluding hydrogens is 476 g/mol. The third-order valence-electron chi connectivity index (χ3n) is 5.13. The fourth-order valence-electron chi connectivity index (χ4n) is 3.59. The molecular formula is C24H21BrN2O3S. The first-order chi connectivity index (χ1) is 14.9. The number of ether oxygens (including phenoxy) is 1. The van der Waals surface area contributed by atoms with Gasteiger partial charge in [0.2, 0.25) is 0 Å². The van der Waals surface area contributed by atoms with Crippen LogP contribution in [0.1, 0.15) is 36.6 Å². The van der Waals surface area contributed by atoms with Crippen molar-refractivity contribution in [1.29, 1.82) is 0 Å². The second kappa shape index (κ2) is 8.77. The summed E-state index contributed by atoms with van der Waals surface area (Å²) in [6.45, 7) is 5.82. The van der Waals surface area contributed by atoms with Gasteiger partial charge in [-0.05, 0) is 49.6 Å².